The third-order valence-electron chi connectivity index (χ3n) is 3.16. The van der Waals surface area contributed by atoms with Crippen LogP contribution in [0.1, 0.15) is 16.7 Å². The number of hydrogen-bond donors (Lipinski definition) is 0. The van der Waals surface area contributed by atoms with Crippen LogP contribution >= 0.6 is 9.47 Å². The molecular weight excluding hydrogens is 255 g/mol. The molecule has 1 unspecified atom stereocenters. The van der Waals surface area contributed by atoms with Crippen LogP contribution in [0, 0.1) is 0 Å². The Hall–Kier alpha value is -0.953. The number of rotatable bonds is 6. The third kappa shape index (κ3) is 3.77. The van der Waals surface area contributed by atoms with Crippen LogP contribution < -0.4 is 0 Å². The SMILES string of the molecule is POCC[SiH2]C(c1ccccc1)c1ccccc1. The van der Waals surface area contributed by atoms with Gasteiger partial charge in [0, 0.05) is 25.6 Å². The van der Waals surface area contributed by atoms with Gasteiger partial charge in [0.1, 0.15) is 0 Å². The van der Waals surface area contributed by atoms with Crippen LogP contribution in [-0.4, -0.2) is 16.1 Å². The minimum Gasteiger partial charge on any atom is -0.366 e. The van der Waals surface area contributed by atoms with Crippen LogP contribution in [0.15, 0.2) is 60.7 Å². The van der Waals surface area contributed by atoms with E-state index < -0.39 is 0 Å². The van der Waals surface area contributed by atoms with Gasteiger partial charge in [0.15, 0.2) is 0 Å². The lowest BCUT2D eigenvalue weighted by Crippen LogP contribution is -2.11. The van der Waals surface area contributed by atoms with Gasteiger partial charge in [-0.1, -0.05) is 60.7 Å². The summed E-state index contributed by atoms with van der Waals surface area (Å²) >= 11 is 0. The Kier molecular flexibility index (Phi) is 5.60. The first-order valence-corrected chi connectivity index (χ1v) is 8.62. The lowest BCUT2D eigenvalue weighted by molar-refractivity contribution is 0.399. The minimum atomic E-state index is -0.221. The first-order valence-electron chi connectivity index (χ1n) is 6.33. The Morgan fingerprint density at radius 1 is 0.889 bits per heavy atom. The fraction of sp³-hybridized carbons (Fsp3) is 0.200. The predicted molar refractivity (Wildman–Crippen MR) is 83.7 cm³/mol. The molecule has 0 aliphatic heterocycles. The molecule has 0 saturated carbocycles. The molecule has 0 heterocycles. The molecule has 0 radical (unpaired) electrons. The van der Waals surface area contributed by atoms with E-state index in [0.717, 1.165) is 6.61 Å². The summed E-state index contributed by atoms with van der Waals surface area (Å²) in [6.07, 6.45) is 0. The summed E-state index contributed by atoms with van der Waals surface area (Å²) in [5.41, 5.74) is 3.49. The minimum absolute atomic E-state index is 0.221. The second-order valence-corrected chi connectivity index (χ2v) is 6.82. The lowest BCUT2D eigenvalue weighted by atomic mass is 10.0. The smallest absolute Gasteiger partial charge is 0.0473 e. The number of hydrogen-bond acceptors (Lipinski definition) is 1. The highest BCUT2D eigenvalue weighted by Crippen LogP contribution is 2.24. The molecule has 1 nitrogen and oxygen atoms in total. The summed E-state index contributed by atoms with van der Waals surface area (Å²) in [5.74, 6) is 0. The van der Waals surface area contributed by atoms with Crippen molar-refractivity contribution in [2.45, 2.75) is 11.6 Å². The van der Waals surface area contributed by atoms with E-state index in [4.69, 9.17) is 4.52 Å². The van der Waals surface area contributed by atoms with Crippen LogP contribution in [0.5, 0.6) is 0 Å². The lowest BCUT2D eigenvalue weighted by Gasteiger charge is -2.17. The largest absolute Gasteiger partial charge is 0.366 e. The molecule has 0 aliphatic rings. The van der Waals surface area contributed by atoms with E-state index in [1.54, 1.807) is 0 Å². The van der Waals surface area contributed by atoms with E-state index in [1.807, 2.05) is 0 Å². The molecule has 0 aliphatic carbocycles. The van der Waals surface area contributed by atoms with Gasteiger partial charge in [-0.25, -0.2) is 0 Å². The molecule has 0 saturated heterocycles. The molecule has 94 valence electrons. The number of benzene rings is 2. The second kappa shape index (κ2) is 7.47. The fourth-order valence-corrected chi connectivity index (χ4v) is 4.72. The monoisotopic (exact) mass is 274 g/mol. The maximum absolute atomic E-state index is 5.12. The molecule has 0 N–H and O–H groups in total. The quantitative estimate of drug-likeness (QED) is 0.446. The molecule has 2 aromatic carbocycles. The molecule has 2 aromatic rings. The topological polar surface area (TPSA) is 9.23 Å². The van der Waals surface area contributed by atoms with Crippen LogP contribution in [0.2, 0.25) is 6.04 Å². The van der Waals surface area contributed by atoms with Gasteiger partial charge >= 0.3 is 0 Å². The molecule has 18 heavy (non-hydrogen) atoms. The van der Waals surface area contributed by atoms with Gasteiger partial charge in [-0.2, -0.15) is 0 Å². The van der Waals surface area contributed by atoms with Gasteiger partial charge < -0.3 is 4.52 Å². The molecule has 0 bridgehead atoms. The summed E-state index contributed by atoms with van der Waals surface area (Å²) in [6, 6.07) is 22.9. The maximum Gasteiger partial charge on any atom is 0.0473 e. The van der Waals surface area contributed by atoms with Crippen molar-refractivity contribution in [3.63, 3.8) is 0 Å². The zero-order chi connectivity index (χ0) is 12.6. The van der Waals surface area contributed by atoms with Gasteiger partial charge in [-0.3, -0.25) is 0 Å². The Bertz CT molecular complexity index is 407. The third-order valence-corrected chi connectivity index (χ3v) is 5.61. The van der Waals surface area contributed by atoms with Gasteiger partial charge in [-0.15, -0.1) is 0 Å². The van der Waals surface area contributed by atoms with Crippen molar-refractivity contribution in [1.29, 1.82) is 0 Å². The molecular formula is C15H19OPSi. The van der Waals surface area contributed by atoms with Crippen LogP contribution in [0.3, 0.4) is 0 Å². The van der Waals surface area contributed by atoms with Gasteiger partial charge in [0.25, 0.3) is 0 Å². The molecule has 1 atom stereocenters. The summed E-state index contributed by atoms with van der Waals surface area (Å²) in [7, 11) is 2.12. The zero-order valence-electron chi connectivity index (χ0n) is 10.5. The van der Waals surface area contributed by atoms with E-state index in [1.165, 1.54) is 17.2 Å². The van der Waals surface area contributed by atoms with Gasteiger partial charge in [0.05, 0.1) is 0 Å². The Morgan fingerprint density at radius 3 is 1.83 bits per heavy atom. The van der Waals surface area contributed by atoms with Crippen LogP contribution in [0.25, 0.3) is 0 Å². The fourth-order valence-electron chi connectivity index (χ4n) is 2.27. The van der Waals surface area contributed by atoms with Crippen molar-refractivity contribution >= 4 is 19.0 Å². The van der Waals surface area contributed by atoms with E-state index in [-0.39, 0.29) is 9.52 Å². The first-order chi connectivity index (χ1) is 8.92. The Morgan fingerprint density at radius 2 is 1.39 bits per heavy atom. The maximum atomic E-state index is 5.12. The first kappa shape index (κ1) is 13.5. The van der Waals surface area contributed by atoms with E-state index in [0.29, 0.717) is 5.54 Å². The summed E-state index contributed by atoms with van der Waals surface area (Å²) < 4.78 is 5.12. The summed E-state index contributed by atoms with van der Waals surface area (Å²) in [4.78, 5) is 0. The Labute approximate surface area is 114 Å². The van der Waals surface area contributed by atoms with Crippen molar-refractivity contribution in [3.05, 3.63) is 71.8 Å². The summed E-state index contributed by atoms with van der Waals surface area (Å²) in [5, 5.41) is 0. The van der Waals surface area contributed by atoms with Crippen LogP contribution in [-0.2, 0) is 4.52 Å². The average molecular weight is 274 g/mol. The van der Waals surface area contributed by atoms with Crippen LogP contribution in [0.4, 0.5) is 0 Å². The highest BCUT2D eigenvalue weighted by atomic mass is 31.0. The predicted octanol–water partition coefficient (Wildman–Crippen LogP) is 3.17. The van der Waals surface area contributed by atoms with Gasteiger partial charge in [-0.05, 0) is 22.7 Å². The molecule has 0 aromatic heterocycles. The zero-order valence-corrected chi connectivity index (χ0v) is 13.0. The highest BCUT2D eigenvalue weighted by Gasteiger charge is 2.13. The standard InChI is InChI=1S/C15H19OPSi/c17-16-11-12-18-15(13-7-3-1-4-8-13)14-9-5-2-6-10-14/h1-10,15H,11-12,17-18H2. The second-order valence-electron chi connectivity index (χ2n) is 4.39. The highest BCUT2D eigenvalue weighted by molar-refractivity contribution is 7.09. The molecule has 0 fully saturated rings. The van der Waals surface area contributed by atoms with Crippen molar-refractivity contribution in [1.82, 2.24) is 0 Å². The van der Waals surface area contributed by atoms with Crippen molar-refractivity contribution in [2.75, 3.05) is 6.61 Å². The van der Waals surface area contributed by atoms with E-state index in [9.17, 15) is 0 Å². The van der Waals surface area contributed by atoms with E-state index >= 15 is 0 Å². The molecule has 0 spiro atoms. The van der Waals surface area contributed by atoms with Gasteiger partial charge in [0.2, 0.25) is 0 Å². The molecule has 0 amide bonds. The summed E-state index contributed by atoms with van der Waals surface area (Å²) in [6.45, 7) is 0.854. The average Bonchev–Trinajstić information content (AvgIpc) is 2.46. The Balaban J connectivity index is 2.18. The van der Waals surface area contributed by atoms with E-state index in [2.05, 4.69) is 70.1 Å². The molecule has 2 rings (SSSR count). The van der Waals surface area contributed by atoms with Crippen molar-refractivity contribution < 1.29 is 4.52 Å². The normalized spacial score (nSPS) is 11.4. The van der Waals surface area contributed by atoms with Crippen molar-refractivity contribution in [2.24, 2.45) is 0 Å². The molecule has 3 heteroatoms. The van der Waals surface area contributed by atoms with Crippen molar-refractivity contribution in [3.8, 4) is 0 Å².